The number of nitrogens with zero attached hydrogens (tertiary/aromatic N) is 1. The fourth-order valence-corrected chi connectivity index (χ4v) is 0.501. The molecule has 1 aromatic rings. The average molecular weight is 156 g/mol. The monoisotopic (exact) mass is 156 g/mol. The first-order chi connectivity index (χ1) is 5.31. The van der Waals surface area contributed by atoms with Crippen molar-refractivity contribution in [1.29, 1.82) is 0 Å². The molecule has 0 saturated carbocycles. The maximum Gasteiger partial charge on any atom is 0.0209 e. The third-order valence-electron chi connectivity index (χ3n) is 1.23. The highest BCUT2D eigenvalue weighted by atomic mass is 16.5. The van der Waals surface area contributed by atoms with E-state index in [0.29, 0.717) is 0 Å². The van der Waals surface area contributed by atoms with Crippen molar-refractivity contribution in [3.05, 3.63) is 24.5 Å². The summed E-state index contributed by atoms with van der Waals surface area (Å²) in [5.41, 5.74) is 0. The number of hydrogen-bond acceptors (Lipinski definition) is 2. The predicted octanol–water partition coefficient (Wildman–Crippen LogP) is 1.73. The van der Waals surface area contributed by atoms with Crippen LogP contribution in [0.5, 0.6) is 0 Å². The summed E-state index contributed by atoms with van der Waals surface area (Å²) in [6.45, 7) is 5.25. The van der Waals surface area contributed by atoms with Gasteiger partial charge in [0, 0.05) is 25.5 Å². The van der Waals surface area contributed by atoms with Crippen LogP contribution in [0, 0.1) is 0 Å². The summed E-state index contributed by atoms with van der Waals surface area (Å²) in [5.74, 6) is 0. The molecule has 0 radical (unpaired) electrons. The van der Waals surface area contributed by atoms with Crippen molar-refractivity contribution in [2.75, 3.05) is 13.1 Å². The molecule has 0 aliphatic carbocycles. The van der Waals surface area contributed by atoms with E-state index in [4.69, 9.17) is 5.21 Å². The van der Waals surface area contributed by atoms with E-state index in [0.717, 1.165) is 13.1 Å². The van der Waals surface area contributed by atoms with Gasteiger partial charge in [-0.3, -0.25) is 0 Å². The van der Waals surface area contributed by atoms with Crippen LogP contribution in [0.25, 0.3) is 0 Å². The van der Waals surface area contributed by atoms with Crippen molar-refractivity contribution in [2.24, 2.45) is 0 Å². The highest BCUT2D eigenvalue weighted by molar-refractivity contribution is 4.84. The van der Waals surface area contributed by atoms with Crippen molar-refractivity contribution >= 4 is 0 Å². The first-order valence-corrected chi connectivity index (χ1v) is 3.82. The van der Waals surface area contributed by atoms with Crippen LogP contribution in [0.2, 0.25) is 0 Å². The first kappa shape index (κ1) is 10.2. The zero-order chi connectivity index (χ0) is 8.53. The lowest BCUT2D eigenvalue weighted by atomic mass is 10.6. The minimum atomic E-state index is 0.719. The standard InChI is InChI=1S/C4H11NO.C4H5N/c1-3-5(6)4-2;1-2-4-5-3-1/h6H,3-4H2,1-2H3;1-5H. The van der Waals surface area contributed by atoms with E-state index in [-0.39, 0.29) is 0 Å². The third kappa shape index (κ3) is 7.09. The zero-order valence-corrected chi connectivity index (χ0v) is 7.12. The van der Waals surface area contributed by atoms with Crippen LogP contribution >= 0.6 is 0 Å². The number of rotatable bonds is 2. The molecule has 2 N–H and O–H groups in total. The molecule has 0 spiro atoms. The van der Waals surface area contributed by atoms with Crippen LogP contribution in [0.3, 0.4) is 0 Å². The summed E-state index contributed by atoms with van der Waals surface area (Å²) in [6.07, 6.45) is 3.75. The summed E-state index contributed by atoms with van der Waals surface area (Å²) in [6, 6.07) is 3.89. The summed E-state index contributed by atoms with van der Waals surface area (Å²) < 4.78 is 0. The van der Waals surface area contributed by atoms with Gasteiger partial charge in [0.15, 0.2) is 0 Å². The average Bonchev–Trinajstić information content (AvgIpc) is 2.60. The van der Waals surface area contributed by atoms with Gasteiger partial charge >= 0.3 is 0 Å². The number of aromatic amines is 1. The Morgan fingerprint density at radius 3 is 1.73 bits per heavy atom. The van der Waals surface area contributed by atoms with Gasteiger partial charge in [0.2, 0.25) is 0 Å². The second-order valence-electron chi connectivity index (χ2n) is 2.02. The van der Waals surface area contributed by atoms with Crippen molar-refractivity contribution < 1.29 is 5.21 Å². The maximum absolute atomic E-state index is 8.50. The lowest BCUT2D eigenvalue weighted by Crippen LogP contribution is -2.16. The number of hydrogen-bond donors (Lipinski definition) is 2. The van der Waals surface area contributed by atoms with Gasteiger partial charge in [0.1, 0.15) is 0 Å². The topological polar surface area (TPSA) is 39.3 Å². The molecular weight excluding hydrogens is 140 g/mol. The summed E-state index contributed by atoms with van der Waals surface area (Å²) in [7, 11) is 0. The number of aromatic nitrogens is 1. The van der Waals surface area contributed by atoms with Crippen molar-refractivity contribution in [3.8, 4) is 0 Å². The first-order valence-electron chi connectivity index (χ1n) is 3.82. The SMILES string of the molecule is CCN(O)CC.c1cc[nH]c1. The molecule has 0 amide bonds. The summed E-state index contributed by atoms with van der Waals surface area (Å²) in [4.78, 5) is 2.86. The quantitative estimate of drug-likeness (QED) is 0.640. The predicted molar refractivity (Wildman–Crippen MR) is 45.5 cm³/mol. The van der Waals surface area contributed by atoms with Crippen LogP contribution in [0.4, 0.5) is 0 Å². The van der Waals surface area contributed by atoms with Crippen LogP contribution in [-0.2, 0) is 0 Å². The van der Waals surface area contributed by atoms with Gasteiger partial charge in [-0.05, 0) is 12.1 Å². The van der Waals surface area contributed by atoms with Gasteiger partial charge in [-0.2, -0.15) is 5.06 Å². The molecule has 0 aliphatic rings. The van der Waals surface area contributed by atoms with Crippen molar-refractivity contribution in [2.45, 2.75) is 13.8 Å². The summed E-state index contributed by atoms with van der Waals surface area (Å²) in [5, 5.41) is 9.75. The van der Waals surface area contributed by atoms with E-state index in [1.165, 1.54) is 5.06 Å². The Hall–Kier alpha value is -0.800. The normalized spacial score (nSPS) is 9.09. The second-order valence-corrected chi connectivity index (χ2v) is 2.02. The summed E-state index contributed by atoms with van der Waals surface area (Å²) >= 11 is 0. The van der Waals surface area contributed by atoms with Crippen molar-refractivity contribution in [3.63, 3.8) is 0 Å². The molecule has 0 fully saturated rings. The van der Waals surface area contributed by atoms with E-state index in [1.807, 2.05) is 38.4 Å². The molecule has 11 heavy (non-hydrogen) atoms. The Morgan fingerprint density at radius 1 is 1.18 bits per heavy atom. The molecule has 3 heteroatoms. The van der Waals surface area contributed by atoms with Gasteiger partial charge in [-0.25, -0.2) is 0 Å². The Labute approximate surface area is 67.6 Å². The van der Waals surface area contributed by atoms with Crippen LogP contribution in [0.15, 0.2) is 24.5 Å². The molecule has 1 heterocycles. The van der Waals surface area contributed by atoms with Gasteiger partial charge < -0.3 is 10.2 Å². The number of hydroxylamine groups is 2. The van der Waals surface area contributed by atoms with E-state index in [2.05, 4.69) is 4.98 Å². The molecule has 0 aliphatic heterocycles. The Bertz CT molecular complexity index is 119. The maximum atomic E-state index is 8.50. The molecule has 0 saturated heterocycles. The molecule has 0 unspecified atom stereocenters. The van der Waals surface area contributed by atoms with Crippen molar-refractivity contribution in [1.82, 2.24) is 10.0 Å². The van der Waals surface area contributed by atoms with Crippen LogP contribution in [-0.4, -0.2) is 28.3 Å². The Balaban J connectivity index is 0.000000183. The lowest BCUT2D eigenvalue weighted by molar-refractivity contribution is -0.0813. The van der Waals surface area contributed by atoms with E-state index in [9.17, 15) is 0 Å². The highest BCUT2D eigenvalue weighted by Crippen LogP contribution is 1.73. The molecule has 0 bridgehead atoms. The van der Waals surface area contributed by atoms with Crippen LogP contribution in [0.1, 0.15) is 13.8 Å². The Kier molecular flexibility index (Phi) is 6.78. The number of H-pyrrole nitrogens is 1. The molecule has 0 aromatic carbocycles. The smallest absolute Gasteiger partial charge is 0.0209 e. The lowest BCUT2D eigenvalue weighted by Gasteiger charge is -2.05. The fourth-order valence-electron chi connectivity index (χ4n) is 0.501. The van der Waals surface area contributed by atoms with E-state index < -0.39 is 0 Å². The molecule has 1 rings (SSSR count). The molecule has 0 atom stereocenters. The largest absolute Gasteiger partial charge is 0.368 e. The van der Waals surface area contributed by atoms with E-state index in [1.54, 1.807) is 0 Å². The Morgan fingerprint density at radius 2 is 1.64 bits per heavy atom. The highest BCUT2D eigenvalue weighted by Gasteiger charge is 1.84. The second kappa shape index (κ2) is 7.31. The number of nitrogens with one attached hydrogen (secondary N) is 1. The molecule has 1 aromatic heterocycles. The molecule has 64 valence electrons. The third-order valence-corrected chi connectivity index (χ3v) is 1.23. The van der Waals surface area contributed by atoms with Crippen LogP contribution < -0.4 is 0 Å². The zero-order valence-electron chi connectivity index (χ0n) is 7.12. The molecule has 3 nitrogen and oxygen atoms in total. The van der Waals surface area contributed by atoms with Gasteiger partial charge in [0.05, 0.1) is 0 Å². The minimum absolute atomic E-state index is 0.719. The van der Waals surface area contributed by atoms with Gasteiger partial charge in [-0.15, -0.1) is 0 Å². The fraction of sp³-hybridized carbons (Fsp3) is 0.500. The molecular formula is C8H16N2O. The van der Waals surface area contributed by atoms with Gasteiger partial charge in [0.25, 0.3) is 0 Å². The minimum Gasteiger partial charge on any atom is -0.368 e. The van der Waals surface area contributed by atoms with Gasteiger partial charge in [-0.1, -0.05) is 13.8 Å². The van der Waals surface area contributed by atoms with E-state index >= 15 is 0 Å².